The quantitative estimate of drug-likeness (QED) is 0.597. The summed E-state index contributed by atoms with van der Waals surface area (Å²) in [6.45, 7) is 2.06. The van der Waals surface area contributed by atoms with Crippen LogP contribution in [0.1, 0.15) is 29.9 Å². The summed E-state index contributed by atoms with van der Waals surface area (Å²) in [6.07, 6.45) is 1.07. The van der Waals surface area contributed by atoms with Crippen molar-refractivity contribution in [1.82, 2.24) is 5.32 Å². The number of nitrogens with one attached hydrogen (secondary N) is 2. The van der Waals surface area contributed by atoms with E-state index in [2.05, 4.69) is 10.6 Å². The lowest BCUT2D eigenvalue weighted by atomic mass is 9.95. The molecular formula is C25H25FN4O4S. The van der Waals surface area contributed by atoms with Crippen LogP contribution >= 0.6 is 11.8 Å². The van der Waals surface area contributed by atoms with E-state index in [0.717, 1.165) is 16.1 Å². The third kappa shape index (κ3) is 4.04. The van der Waals surface area contributed by atoms with Crippen LogP contribution in [0.2, 0.25) is 0 Å². The highest BCUT2D eigenvalue weighted by Gasteiger charge is 2.39. The number of hydrogen-bond donors (Lipinski definition) is 2. The van der Waals surface area contributed by atoms with Gasteiger partial charge < -0.3 is 20.3 Å². The number of benzene rings is 2. The summed E-state index contributed by atoms with van der Waals surface area (Å²) in [5, 5.41) is 6.22. The molecule has 2 atom stereocenters. The summed E-state index contributed by atoms with van der Waals surface area (Å²) >= 11 is 1.48. The van der Waals surface area contributed by atoms with E-state index >= 15 is 0 Å². The first kappa shape index (κ1) is 22.4. The van der Waals surface area contributed by atoms with Gasteiger partial charge in [-0.15, -0.1) is 11.8 Å². The predicted molar refractivity (Wildman–Crippen MR) is 131 cm³/mol. The molecular weight excluding hydrogens is 471 g/mol. The molecule has 35 heavy (non-hydrogen) atoms. The van der Waals surface area contributed by atoms with E-state index in [0.29, 0.717) is 68.1 Å². The molecule has 0 bridgehead atoms. The molecule has 182 valence electrons. The highest BCUT2D eigenvalue weighted by atomic mass is 32.2. The molecule has 2 aromatic carbocycles. The van der Waals surface area contributed by atoms with Crippen LogP contribution in [0.15, 0.2) is 35.2 Å². The van der Waals surface area contributed by atoms with E-state index in [1.165, 1.54) is 17.8 Å². The monoisotopic (exact) mass is 496 g/mol. The number of ether oxygens (including phenoxy) is 1. The molecule has 4 heterocycles. The van der Waals surface area contributed by atoms with E-state index in [1.807, 2.05) is 12.1 Å². The smallest absolute Gasteiger partial charge is 0.414 e. The number of halogens is 1. The zero-order chi connectivity index (χ0) is 24.1. The number of nitrogens with zero attached hydrogens (tertiary/aromatic N) is 2. The fourth-order valence-electron chi connectivity index (χ4n) is 5.37. The lowest BCUT2D eigenvalue weighted by molar-refractivity contribution is -0.118. The average molecular weight is 497 g/mol. The van der Waals surface area contributed by atoms with Crippen molar-refractivity contribution in [3.63, 3.8) is 0 Å². The molecule has 1 saturated heterocycles. The van der Waals surface area contributed by atoms with Crippen molar-refractivity contribution in [2.75, 3.05) is 47.0 Å². The van der Waals surface area contributed by atoms with Gasteiger partial charge in [0.05, 0.1) is 23.7 Å². The lowest BCUT2D eigenvalue weighted by Crippen LogP contribution is -2.35. The maximum Gasteiger partial charge on any atom is 0.414 e. The Labute approximate surface area is 206 Å². The van der Waals surface area contributed by atoms with Crippen molar-refractivity contribution in [1.29, 1.82) is 0 Å². The van der Waals surface area contributed by atoms with Gasteiger partial charge in [0.25, 0.3) is 0 Å². The Balaban J connectivity index is 1.05. The Morgan fingerprint density at radius 1 is 1.11 bits per heavy atom. The Bertz CT molecular complexity index is 1240. The number of cyclic esters (lactones) is 1. The van der Waals surface area contributed by atoms with E-state index < -0.39 is 6.09 Å². The molecule has 0 aromatic heterocycles. The van der Waals surface area contributed by atoms with Crippen LogP contribution in [0.3, 0.4) is 0 Å². The molecule has 4 aliphatic rings. The zero-order valence-electron chi connectivity index (χ0n) is 19.0. The van der Waals surface area contributed by atoms with Gasteiger partial charge in [-0.2, -0.15) is 0 Å². The number of rotatable bonds is 6. The van der Waals surface area contributed by atoms with Gasteiger partial charge in [0.15, 0.2) is 0 Å². The van der Waals surface area contributed by atoms with Gasteiger partial charge in [0.2, 0.25) is 11.8 Å². The fraction of sp³-hybridized carbons (Fsp3) is 0.400. The summed E-state index contributed by atoms with van der Waals surface area (Å²) in [7, 11) is 0. The van der Waals surface area contributed by atoms with Gasteiger partial charge in [-0.1, -0.05) is 6.07 Å². The first-order chi connectivity index (χ1) is 17.0. The van der Waals surface area contributed by atoms with Crippen molar-refractivity contribution < 1.29 is 23.5 Å². The number of fused-ring (bicyclic) bond motifs is 1. The minimum absolute atomic E-state index is 0.0531. The topological polar surface area (TPSA) is 91.0 Å². The Morgan fingerprint density at radius 3 is 2.89 bits per heavy atom. The normalized spacial score (nSPS) is 22.7. The number of anilines is 3. The summed E-state index contributed by atoms with van der Waals surface area (Å²) in [6, 6.07) is 8.88. The molecule has 0 spiro atoms. The molecule has 3 amide bonds. The molecule has 2 N–H and O–H groups in total. The molecule has 0 saturated carbocycles. The minimum Gasteiger partial charge on any atom is -0.444 e. The molecule has 2 aromatic rings. The summed E-state index contributed by atoms with van der Waals surface area (Å²) in [5.74, 6) is 0.0423. The number of carbonyl (C=O) groups is 3. The van der Waals surface area contributed by atoms with Gasteiger partial charge in [-0.3, -0.25) is 14.5 Å². The standard InChI is InChI=1S/C25H25FN4O4S/c26-18-4-1-14-2-6-22(32)30-11-15(23(18)24(14)30)10-27-8-7-17-12-29(25(33)34-17)16-3-5-20-19(9-16)28-21(31)13-35-20/h1,3-5,9,15,17,27H,2,6-8,10-13H2,(H,28,31)/t15?,17-/m0/s1. The highest BCUT2D eigenvalue weighted by molar-refractivity contribution is 8.00. The molecule has 6 rings (SSSR count). The van der Waals surface area contributed by atoms with Crippen molar-refractivity contribution in [2.24, 2.45) is 0 Å². The number of hydrogen-bond acceptors (Lipinski definition) is 6. The first-order valence-corrected chi connectivity index (χ1v) is 12.8. The fourth-order valence-corrected chi connectivity index (χ4v) is 6.16. The highest BCUT2D eigenvalue weighted by Crippen LogP contribution is 2.43. The van der Waals surface area contributed by atoms with Crippen LogP contribution in [0.5, 0.6) is 0 Å². The minimum atomic E-state index is -0.406. The first-order valence-electron chi connectivity index (χ1n) is 11.8. The maximum atomic E-state index is 14.7. The average Bonchev–Trinajstić information content (AvgIpc) is 3.42. The Morgan fingerprint density at radius 2 is 2.00 bits per heavy atom. The van der Waals surface area contributed by atoms with Gasteiger partial charge >= 0.3 is 6.09 Å². The van der Waals surface area contributed by atoms with Crippen molar-refractivity contribution >= 4 is 46.7 Å². The van der Waals surface area contributed by atoms with Crippen molar-refractivity contribution in [3.8, 4) is 0 Å². The molecule has 10 heteroatoms. The van der Waals surface area contributed by atoms with Gasteiger partial charge in [0.1, 0.15) is 11.9 Å². The summed E-state index contributed by atoms with van der Waals surface area (Å²) < 4.78 is 20.2. The summed E-state index contributed by atoms with van der Waals surface area (Å²) in [5.41, 5.74) is 3.86. The van der Waals surface area contributed by atoms with E-state index in [1.54, 1.807) is 21.9 Å². The Hall–Kier alpha value is -3.11. The molecule has 8 nitrogen and oxygen atoms in total. The third-order valence-electron chi connectivity index (χ3n) is 7.05. The number of aryl methyl sites for hydroxylation is 1. The van der Waals surface area contributed by atoms with Gasteiger partial charge in [-0.25, -0.2) is 9.18 Å². The second-order valence-corrected chi connectivity index (χ2v) is 10.3. The van der Waals surface area contributed by atoms with Crippen molar-refractivity contribution in [2.45, 2.75) is 36.2 Å². The van der Waals surface area contributed by atoms with E-state index in [9.17, 15) is 18.8 Å². The predicted octanol–water partition coefficient (Wildman–Crippen LogP) is 3.25. The maximum absolute atomic E-state index is 14.7. The number of carbonyl (C=O) groups excluding carboxylic acids is 3. The van der Waals surface area contributed by atoms with Crippen LogP contribution in [0, 0.1) is 5.82 Å². The number of thioether (sulfide) groups is 1. The van der Waals surface area contributed by atoms with Crippen LogP contribution in [-0.2, 0) is 20.7 Å². The molecule has 0 aliphatic carbocycles. The van der Waals surface area contributed by atoms with Crippen LogP contribution < -0.4 is 20.4 Å². The number of amides is 3. The second kappa shape index (κ2) is 8.83. The largest absolute Gasteiger partial charge is 0.444 e. The molecule has 0 radical (unpaired) electrons. The van der Waals surface area contributed by atoms with Crippen LogP contribution in [0.25, 0.3) is 0 Å². The van der Waals surface area contributed by atoms with Crippen LogP contribution in [-0.4, -0.2) is 55.9 Å². The zero-order valence-corrected chi connectivity index (χ0v) is 19.8. The molecule has 1 fully saturated rings. The molecule has 4 aliphatic heterocycles. The Kier molecular flexibility index (Phi) is 5.64. The molecule has 1 unspecified atom stereocenters. The van der Waals surface area contributed by atoms with Crippen molar-refractivity contribution in [3.05, 3.63) is 47.3 Å². The lowest BCUT2D eigenvalue weighted by Gasteiger charge is -2.25. The SMILES string of the molecule is O=C1CSc2ccc(N3C[C@H](CCNCC4CN5C(=O)CCc6ccc(F)c4c65)OC3=O)cc2N1. The second-order valence-electron chi connectivity index (χ2n) is 9.30. The van der Waals surface area contributed by atoms with Gasteiger partial charge in [0, 0.05) is 41.6 Å². The van der Waals surface area contributed by atoms with E-state index in [4.69, 9.17) is 4.74 Å². The van der Waals surface area contributed by atoms with Gasteiger partial charge in [-0.05, 0) is 49.2 Å². The van der Waals surface area contributed by atoms with E-state index in [-0.39, 0.29) is 29.7 Å². The summed E-state index contributed by atoms with van der Waals surface area (Å²) in [4.78, 5) is 40.8. The van der Waals surface area contributed by atoms with Crippen LogP contribution in [0.4, 0.5) is 26.2 Å². The third-order valence-corrected chi connectivity index (χ3v) is 8.13.